The van der Waals surface area contributed by atoms with Crippen LogP contribution in [0.2, 0.25) is 0 Å². The van der Waals surface area contributed by atoms with E-state index >= 15 is 0 Å². The molecule has 1 unspecified atom stereocenters. The van der Waals surface area contributed by atoms with Gasteiger partial charge in [-0.05, 0) is 41.0 Å². The molecule has 0 spiro atoms. The Balaban J connectivity index is 1.35. The van der Waals surface area contributed by atoms with Crippen molar-refractivity contribution >= 4 is 18.0 Å². The molecule has 0 heterocycles. The van der Waals surface area contributed by atoms with E-state index < -0.39 is 18.0 Å². The number of amides is 2. The van der Waals surface area contributed by atoms with E-state index in [1.54, 1.807) is 0 Å². The summed E-state index contributed by atoms with van der Waals surface area (Å²) in [6.45, 7) is 4.44. The van der Waals surface area contributed by atoms with Gasteiger partial charge < -0.3 is 20.5 Å². The Morgan fingerprint density at radius 1 is 0.939 bits per heavy atom. The maximum absolute atomic E-state index is 12.2. The molecule has 2 aromatic rings. The second-order valence-electron chi connectivity index (χ2n) is 8.70. The number of hydrogen-bond donors (Lipinski definition) is 3. The number of ether oxygens (including phenoxy) is 1. The number of carboxylic acid groups (broad SMARTS) is 1. The minimum absolute atomic E-state index is 0.0207. The first-order valence-electron chi connectivity index (χ1n) is 11.5. The summed E-state index contributed by atoms with van der Waals surface area (Å²) in [6.07, 6.45) is 1.04. The maximum Gasteiger partial charge on any atom is 0.407 e. The summed E-state index contributed by atoms with van der Waals surface area (Å²) < 4.78 is 5.49. The first-order chi connectivity index (χ1) is 15.9. The van der Waals surface area contributed by atoms with Crippen LogP contribution in [0.1, 0.15) is 50.2 Å². The molecule has 0 saturated heterocycles. The van der Waals surface area contributed by atoms with Crippen LogP contribution in [0.5, 0.6) is 0 Å². The number of carboxylic acids is 1. The van der Waals surface area contributed by atoms with Gasteiger partial charge in [0.05, 0.1) is 5.92 Å². The van der Waals surface area contributed by atoms with Crippen LogP contribution >= 0.6 is 0 Å². The summed E-state index contributed by atoms with van der Waals surface area (Å²) in [6, 6.07) is 16.4. The average molecular weight is 453 g/mol. The highest BCUT2D eigenvalue weighted by atomic mass is 16.5. The van der Waals surface area contributed by atoms with Crippen LogP contribution in [0.3, 0.4) is 0 Å². The van der Waals surface area contributed by atoms with Crippen molar-refractivity contribution in [3.8, 4) is 11.1 Å². The van der Waals surface area contributed by atoms with Gasteiger partial charge in [-0.15, -0.1) is 0 Å². The van der Waals surface area contributed by atoms with Gasteiger partial charge in [0.15, 0.2) is 0 Å². The van der Waals surface area contributed by atoms with Crippen molar-refractivity contribution < 1.29 is 24.2 Å². The molecule has 1 aliphatic rings. The smallest absolute Gasteiger partial charge is 0.407 e. The fourth-order valence-corrected chi connectivity index (χ4v) is 4.17. The molecule has 3 rings (SSSR count). The molecule has 0 bridgehead atoms. The Bertz CT molecular complexity index is 943. The lowest BCUT2D eigenvalue weighted by molar-refractivity contribution is -0.143. The molecule has 7 nitrogen and oxygen atoms in total. The zero-order valence-corrected chi connectivity index (χ0v) is 19.2. The lowest BCUT2D eigenvalue weighted by Crippen LogP contribution is -2.35. The number of hydrogen-bond acceptors (Lipinski definition) is 4. The molecule has 0 fully saturated rings. The van der Waals surface area contributed by atoms with Crippen molar-refractivity contribution in [2.75, 3.05) is 19.7 Å². The fraction of sp³-hybridized carbons (Fsp3) is 0.423. The molecular weight excluding hydrogens is 420 g/mol. The van der Waals surface area contributed by atoms with E-state index in [0.29, 0.717) is 19.4 Å². The average Bonchev–Trinajstić information content (AvgIpc) is 3.11. The molecule has 2 amide bonds. The van der Waals surface area contributed by atoms with E-state index in [2.05, 4.69) is 34.9 Å². The Hall–Kier alpha value is -3.35. The highest BCUT2D eigenvalue weighted by molar-refractivity contribution is 5.79. The van der Waals surface area contributed by atoms with Crippen LogP contribution in [0.15, 0.2) is 48.5 Å². The largest absolute Gasteiger partial charge is 0.481 e. The number of carbonyl (C=O) groups is 3. The van der Waals surface area contributed by atoms with Crippen LogP contribution in [-0.4, -0.2) is 42.8 Å². The van der Waals surface area contributed by atoms with Gasteiger partial charge in [0, 0.05) is 25.4 Å². The summed E-state index contributed by atoms with van der Waals surface area (Å²) in [7, 11) is 0. The van der Waals surface area contributed by atoms with Crippen LogP contribution in [0, 0.1) is 11.8 Å². The molecule has 1 aliphatic carbocycles. The standard InChI is InChI=1S/C26H32N2O5/c1-17(2)22(25(30)31)15-28-24(29)13-7-8-14-27-26(32)33-16-23-20-11-5-3-9-18(20)19-10-4-6-12-21(19)23/h3-6,9-12,17,22-23H,7-8,13-16H2,1-2H3,(H,27,32)(H,28,29)(H,30,31). The van der Waals surface area contributed by atoms with E-state index in [9.17, 15) is 14.4 Å². The summed E-state index contributed by atoms with van der Waals surface area (Å²) in [5.74, 6) is -1.71. The molecule has 33 heavy (non-hydrogen) atoms. The van der Waals surface area contributed by atoms with Crippen molar-refractivity contribution in [2.24, 2.45) is 11.8 Å². The molecule has 0 saturated carbocycles. The molecule has 176 valence electrons. The third kappa shape index (κ3) is 6.34. The third-order valence-corrected chi connectivity index (χ3v) is 6.08. The van der Waals surface area contributed by atoms with Crippen molar-refractivity contribution in [1.82, 2.24) is 10.6 Å². The molecule has 2 aromatic carbocycles. The van der Waals surface area contributed by atoms with E-state index in [-0.39, 0.29) is 37.3 Å². The molecule has 1 atom stereocenters. The topological polar surface area (TPSA) is 105 Å². The number of benzene rings is 2. The number of unbranched alkanes of at least 4 members (excludes halogenated alkanes) is 1. The normalized spacial score (nSPS) is 13.2. The number of aliphatic carboxylic acids is 1. The van der Waals surface area contributed by atoms with Gasteiger partial charge in [0.1, 0.15) is 6.61 Å². The Morgan fingerprint density at radius 2 is 1.55 bits per heavy atom. The fourth-order valence-electron chi connectivity index (χ4n) is 4.17. The van der Waals surface area contributed by atoms with E-state index in [0.717, 1.165) is 0 Å². The van der Waals surface area contributed by atoms with Crippen LogP contribution in [0.25, 0.3) is 11.1 Å². The highest BCUT2D eigenvalue weighted by Gasteiger charge is 2.29. The monoisotopic (exact) mass is 452 g/mol. The number of alkyl carbamates (subject to hydrolysis) is 1. The van der Waals surface area contributed by atoms with E-state index in [1.807, 2.05) is 38.1 Å². The predicted octanol–water partition coefficient (Wildman–Crippen LogP) is 4.17. The van der Waals surface area contributed by atoms with Crippen molar-refractivity contribution in [2.45, 2.75) is 39.0 Å². The second-order valence-corrected chi connectivity index (χ2v) is 8.70. The highest BCUT2D eigenvalue weighted by Crippen LogP contribution is 2.44. The molecule has 7 heteroatoms. The van der Waals surface area contributed by atoms with Crippen molar-refractivity contribution in [3.05, 3.63) is 59.7 Å². The zero-order chi connectivity index (χ0) is 23.8. The quantitative estimate of drug-likeness (QED) is 0.444. The summed E-state index contributed by atoms with van der Waals surface area (Å²) in [5, 5.41) is 14.6. The van der Waals surface area contributed by atoms with Crippen LogP contribution in [-0.2, 0) is 14.3 Å². The van der Waals surface area contributed by atoms with Gasteiger partial charge in [-0.1, -0.05) is 62.4 Å². The Kier molecular flexibility index (Phi) is 8.46. The predicted molar refractivity (Wildman–Crippen MR) is 126 cm³/mol. The van der Waals surface area contributed by atoms with Gasteiger partial charge in [0.2, 0.25) is 5.91 Å². The summed E-state index contributed by atoms with van der Waals surface area (Å²) in [4.78, 5) is 35.3. The Labute approximate surface area is 194 Å². The van der Waals surface area contributed by atoms with Gasteiger partial charge in [-0.2, -0.15) is 0 Å². The number of carbonyl (C=O) groups excluding carboxylic acids is 2. The lowest BCUT2D eigenvalue weighted by atomic mass is 9.96. The van der Waals surface area contributed by atoms with Crippen LogP contribution in [0.4, 0.5) is 4.79 Å². The van der Waals surface area contributed by atoms with Gasteiger partial charge >= 0.3 is 12.1 Å². The van der Waals surface area contributed by atoms with Crippen molar-refractivity contribution in [1.29, 1.82) is 0 Å². The first-order valence-corrected chi connectivity index (χ1v) is 11.5. The third-order valence-electron chi connectivity index (χ3n) is 6.08. The SMILES string of the molecule is CC(C)C(CNC(=O)CCCCNC(=O)OCC1c2ccccc2-c2ccccc21)C(=O)O. The van der Waals surface area contributed by atoms with Crippen LogP contribution < -0.4 is 10.6 Å². The molecule has 0 aliphatic heterocycles. The minimum atomic E-state index is -0.905. The summed E-state index contributed by atoms with van der Waals surface area (Å²) in [5.41, 5.74) is 4.70. The lowest BCUT2D eigenvalue weighted by Gasteiger charge is -2.16. The van der Waals surface area contributed by atoms with Crippen molar-refractivity contribution in [3.63, 3.8) is 0 Å². The first kappa shape index (κ1) is 24.3. The Morgan fingerprint density at radius 3 is 2.12 bits per heavy atom. The molecule has 0 radical (unpaired) electrons. The number of nitrogens with one attached hydrogen (secondary N) is 2. The minimum Gasteiger partial charge on any atom is -0.481 e. The molecule has 0 aromatic heterocycles. The second kappa shape index (κ2) is 11.5. The van der Waals surface area contributed by atoms with E-state index in [4.69, 9.17) is 9.84 Å². The molecule has 3 N–H and O–H groups in total. The van der Waals surface area contributed by atoms with E-state index in [1.165, 1.54) is 22.3 Å². The van der Waals surface area contributed by atoms with Gasteiger partial charge in [-0.25, -0.2) is 4.79 Å². The number of fused-ring (bicyclic) bond motifs is 3. The maximum atomic E-state index is 12.2. The van der Waals surface area contributed by atoms with Gasteiger partial charge in [-0.3, -0.25) is 9.59 Å². The molecular formula is C26H32N2O5. The zero-order valence-electron chi connectivity index (χ0n) is 19.2. The number of rotatable bonds is 11. The summed E-state index contributed by atoms with van der Waals surface area (Å²) >= 11 is 0. The van der Waals surface area contributed by atoms with Gasteiger partial charge in [0.25, 0.3) is 0 Å².